The van der Waals surface area contributed by atoms with Crippen molar-refractivity contribution in [2.24, 2.45) is 5.92 Å². The SMILES string of the molecule is Cc1cc(Cl)cc(C(=O)N2C[C@H](C(=O)O)[C@H](c3ccccc3)C2)c1. The Morgan fingerprint density at radius 1 is 1.12 bits per heavy atom. The Bertz CT molecular complexity index is 755. The van der Waals surface area contributed by atoms with E-state index in [-0.39, 0.29) is 18.4 Å². The minimum absolute atomic E-state index is 0.176. The number of hydrogen-bond donors (Lipinski definition) is 1. The van der Waals surface area contributed by atoms with Crippen LogP contribution in [-0.2, 0) is 4.79 Å². The highest BCUT2D eigenvalue weighted by atomic mass is 35.5. The monoisotopic (exact) mass is 343 g/mol. The summed E-state index contributed by atoms with van der Waals surface area (Å²) in [6, 6.07) is 14.7. The summed E-state index contributed by atoms with van der Waals surface area (Å²) in [5.41, 5.74) is 2.35. The van der Waals surface area contributed by atoms with Crippen molar-refractivity contribution in [2.45, 2.75) is 12.8 Å². The molecule has 124 valence electrons. The third kappa shape index (κ3) is 3.29. The van der Waals surface area contributed by atoms with Crippen LogP contribution in [0, 0.1) is 12.8 Å². The maximum absolute atomic E-state index is 12.8. The average Bonchev–Trinajstić information content (AvgIpc) is 2.99. The number of aryl methyl sites for hydroxylation is 1. The number of rotatable bonds is 3. The van der Waals surface area contributed by atoms with Crippen molar-refractivity contribution in [3.05, 3.63) is 70.2 Å². The van der Waals surface area contributed by atoms with E-state index in [1.54, 1.807) is 23.1 Å². The van der Waals surface area contributed by atoms with E-state index in [9.17, 15) is 14.7 Å². The van der Waals surface area contributed by atoms with Crippen LogP contribution in [0.2, 0.25) is 5.02 Å². The smallest absolute Gasteiger partial charge is 0.308 e. The summed E-state index contributed by atoms with van der Waals surface area (Å²) in [7, 11) is 0. The van der Waals surface area contributed by atoms with Crippen molar-refractivity contribution in [3.8, 4) is 0 Å². The normalized spacial score (nSPS) is 20.2. The lowest BCUT2D eigenvalue weighted by Crippen LogP contribution is -2.30. The molecule has 0 aromatic heterocycles. The first-order valence-electron chi connectivity index (χ1n) is 7.80. The topological polar surface area (TPSA) is 57.6 Å². The molecule has 2 atom stereocenters. The first-order chi connectivity index (χ1) is 11.5. The van der Waals surface area contributed by atoms with E-state index >= 15 is 0 Å². The molecule has 3 rings (SSSR count). The summed E-state index contributed by atoms with van der Waals surface area (Å²) < 4.78 is 0. The minimum Gasteiger partial charge on any atom is -0.481 e. The highest BCUT2D eigenvalue weighted by molar-refractivity contribution is 6.31. The van der Waals surface area contributed by atoms with Gasteiger partial charge in [-0.2, -0.15) is 0 Å². The van der Waals surface area contributed by atoms with Crippen LogP contribution in [0.25, 0.3) is 0 Å². The van der Waals surface area contributed by atoms with Crippen molar-refractivity contribution >= 4 is 23.5 Å². The Labute approximate surface area is 145 Å². The Kier molecular flexibility index (Phi) is 4.58. The standard InChI is InChI=1S/C19H18ClNO3/c1-12-7-14(9-15(20)8-12)18(22)21-10-16(17(11-21)19(23)24)13-5-3-2-4-6-13/h2-9,16-17H,10-11H2,1H3,(H,23,24)/t16-,17-/m0/s1. The molecule has 24 heavy (non-hydrogen) atoms. The predicted molar refractivity (Wildman–Crippen MR) is 92.4 cm³/mol. The Balaban J connectivity index is 1.87. The number of amides is 1. The van der Waals surface area contributed by atoms with Crippen LogP contribution in [0.4, 0.5) is 0 Å². The summed E-state index contributed by atoms with van der Waals surface area (Å²) in [5.74, 6) is -1.85. The van der Waals surface area contributed by atoms with Crippen LogP contribution in [0.3, 0.4) is 0 Å². The molecule has 0 bridgehead atoms. The van der Waals surface area contributed by atoms with Gasteiger partial charge in [0.2, 0.25) is 0 Å². The summed E-state index contributed by atoms with van der Waals surface area (Å²) in [4.78, 5) is 26.0. The zero-order chi connectivity index (χ0) is 17.3. The molecule has 1 heterocycles. The van der Waals surface area contributed by atoms with Crippen LogP contribution in [0.15, 0.2) is 48.5 Å². The number of aliphatic carboxylic acids is 1. The molecule has 5 heteroatoms. The van der Waals surface area contributed by atoms with Gasteiger partial charge in [0.15, 0.2) is 0 Å². The summed E-state index contributed by atoms with van der Waals surface area (Å²) in [6.07, 6.45) is 0. The van der Waals surface area contributed by atoms with Crippen molar-refractivity contribution < 1.29 is 14.7 Å². The molecule has 1 N–H and O–H groups in total. The third-order valence-corrected chi connectivity index (χ3v) is 4.66. The van der Waals surface area contributed by atoms with E-state index in [0.29, 0.717) is 17.1 Å². The van der Waals surface area contributed by atoms with Crippen molar-refractivity contribution in [1.82, 2.24) is 4.90 Å². The minimum atomic E-state index is -0.874. The maximum atomic E-state index is 12.8. The van der Waals surface area contributed by atoms with Crippen LogP contribution in [-0.4, -0.2) is 35.0 Å². The Hall–Kier alpha value is -2.33. The fraction of sp³-hybridized carbons (Fsp3) is 0.263. The van der Waals surface area contributed by atoms with Crippen molar-refractivity contribution in [3.63, 3.8) is 0 Å². The lowest BCUT2D eigenvalue weighted by atomic mass is 9.89. The van der Waals surface area contributed by atoms with E-state index in [4.69, 9.17) is 11.6 Å². The van der Waals surface area contributed by atoms with Gasteiger partial charge in [0.05, 0.1) is 5.92 Å². The largest absolute Gasteiger partial charge is 0.481 e. The molecule has 4 nitrogen and oxygen atoms in total. The third-order valence-electron chi connectivity index (χ3n) is 4.44. The number of carbonyl (C=O) groups excluding carboxylic acids is 1. The van der Waals surface area contributed by atoms with Gasteiger partial charge in [-0.3, -0.25) is 9.59 Å². The first kappa shape index (κ1) is 16.5. The van der Waals surface area contributed by atoms with Crippen molar-refractivity contribution in [2.75, 3.05) is 13.1 Å². The molecule has 2 aromatic carbocycles. The average molecular weight is 344 g/mol. The fourth-order valence-corrected chi connectivity index (χ4v) is 3.59. The fourth-order valence-electron chi connectivity index (χ4n) is 3.30. The van der Waals surface area contributed by atoms with Crippen LogP contribution < -0.4 is 0 Å². The molecule has 1 aliphatic rings. The van der Waals surface area contributed by atoms with Gasteiger partial charge in [0, 0.05) is 29.6 Å². The number of benzene rings is 2. The molecule has 1 aliphatic heterocycles. The number of nitrogens with zero attached hydrogens (tertiary/aromatic N) is 1. The van der Waals surface area contributed by atoms with Gasteiger partial charge in [-0.05, 0) is 36.2 Å². The molecule has 0 saturated carbocycles. The predicted octanol–water partition coefficient (Wildman–Crippen LogP) is 3.59. The molecule has 1 saturated heterocycles. The summed E-state index contributed by atoms with van der Waals surface area (Å²) in [5, 5.41) is 10.1. The Morgan fingerprint density at radius 3 is 2.46 bits per heavy atom. The van der Waals surface area contributed by atoms with E-state index in [1.165, 1.54) is 0 Å². The van der Waals surface area contributed by atoms with E-state index in [0.717, 1.165) is 11.1 Å². The van der Waals surface area contributed by atoms with Crippen molar-refractivity contribution in [1.29, 1.82) is 0 Å². The zero-order valence-electron chi connectivity index (χ0n) is 13.3. The van der Waals surface area contributed by atoms with Gasteiger partial charge in [-0.25, -0.2) is 0 Å². The summed E-state index contributed by atoms with van der Waals surface area (Å²) in [6.45, 7) is 2.48. The number of likely N-dealkylation sites (tertiary alicyclic amines) is 1. The van der Waals surface area contributed by atoms with Crippen LogP contribution in [0.5, 0.6) is 0 Å². The molecule has 0 unspecified atom stereocenters. The second-order valence-corrected chi connectivity index (χ2v) is 6.63. The van der Waals surface area contributed by atoms with Gasteiger partial charge in [-0.15, -0.1) is 0 Å². The molecule has 0 radical (unpaired) electrons. The van der Waals surface area contributed by atoms with Gasteiger partial charge in [0.1, 0.15) is 0 Å². The van der Waals surface area contributed by atoms with Gasteiger partial charge >= 0.3 is 5.97 Å². The second-order valence-electron chi connectivity index (χ2n) is 6.19. The highest BCUT2D eigenvalue weighted by Gasteiger charge is 2.40. The molecule has 0 spiro atoms. The van der Waals surface area contributed by atoms with E-state index < -0.39 is 11.9 Å². The van der Waals surface area contributed by atoms with Gasteiger partial charge in [0.25, 0.3) is 5.91 Å². The Morgan fingerprint density at radius 2 is 1.83 bits per heavy atom. The molecule has 0 aliphatic carbocycles. The quantitative estimate of drug-likeness (QED) is 0.926. The van der Waals surface area contributed by atoms with Gasteiger partial charge < -0.3 is 10.0 Å². The van der Waals surface area contributed by atoms with Gasteiger partial charge in [-0.1, -0.05) is 41.9 Å². The number of carbonyl (C=O) groups is 2. The maximum Gasteiger partial charge on any atom is 0.308 e. The number of hydrogen-bond acceptors (Lipinski definition) is 2. The number of halogens is 1. The molecular formula is C19H18ClNO3. The molecule has 1 amide bonds. The lowest BCUT2D eigenvalue weighted by Gasteiger charge is -2.17. The number of carboxylic acids is 1. The van der Waals surface area contributed by atoms with E-state index in [2.05, 4.69) is 0 Å². The highest BCUT2D eigenvalue weighted by Crippen LogP contribution is 2.33. The van der Waals surface area contributed by atoms with E-state index in [1.807, 2.05) is 37.3 Å². The molecular weight excluding hydrogens is 326 g/mol. The molecule has 2 aromatic rings. The first-order valence-corrected chi connectivity index (χ1v) is 8.17. The lowest BCUT2D eigenvalue weighted by molar-refractivity contribution is -0.141. The van der Waals surface area contributed by atoms with Crippen LogP contribution >= 0.6 is 11.6 Å². The molecule has 1 fully saturated rings. The summed E-state index contributed by atoms with van der Waals surface area (Å²) >= 11 is 6.04. The number of carboxylic acid groups (broad SMARTS) is 1. The zero-order valence-corrected chi connectivity index (χ0v) is 14.0. The second kappa shape index (κ2) is 6.65. The van der Waals surface area contributed by atoms with Crippen LogP contribution in [0.1, 0.15) is 27.4 Å².